The monoisotopic (exact) mass is 242 g/mol. The van der Waals surface area contributed by atoms with Crippen LogP contribution in [0.1, 0.15) is 33.1 Å². The van der Waals surface area contributed by atoms with E-state index in [1.807, 2.05) is 0 Å². The van der Waals surface area contributed by atoms with E-state index in [1.165, 1.54) is 32.4 Å². The van der Waals surface area contributed by atoms with Crippen LogP contribution in [0, 0.1) is 5.92 Å². The fourth-order valence-electron chi connectivity index (χ4n) is 1.89. The zero-order valence-corrected chi connectivity index (χ0v) is 10.9. The molecule has 1 aliphatic rings. The summed E-state index contributed by atoms with van der Waals surface area (Å²) in [6.45, 7) is 7.99. The van der Waals surface area contributed by atoms with Crippen molar-refractivity contribution in [2.45, 2.75) is 39.2 Å². The predicted octanol–water partition coefficient (Wildman–Crippen LogP) is 2.30. The van der Waals surface area contributed by atoms with E-state index in [-0.39, 0.29) is 24.8 Å². The van der Waals surface area contributed by atoms with Crippen LogP contribution < -0.4 is 5.73 Å². The van der Waals surface area contributed by atoms with Crippen LogP contribution >= 0.6 is 24.8 Å². The Balaban J connectivity index is 0. The molecule has 2 N–H and O–H groups in total. The standard InChI is InChI=1S/C10H22N2.2ClH/c1-3-9(2)12-6-4-10(8-11)5-7-12;;/h9-10H,3-8,11H2,1-2H3;2*1H. The lowest BCUT2D eigenvalue weighted by atomic mass is 9.96. The summed E-state index contributed by atoms with van der Waals surface area (Å²) in [7, 11) is 0. The SMILES string of the molecule is CCC(C)N1CCC(CN)CC1.Cl.Cl. The molecule has 1 atom stereocenters. The smallest absolute Gasteiger partial charge is 0.00643 e. The van der Waals surface area contributed by atoms with Crippen molar-refractivity contribution >= 4 is 24.8 Å². The summed E-state index contributed by atoms with van der Waals surface area (Å²) in [6.07, 6.45) is 3.88. The molecule has 88 valence electrons. The van der Waals surface area contributed by atoms with Crippen molar-refractivity contribution < 1.29 is 0 Å². The first kappa shape index (κ1) is 16.9. The van der Waals surface area contributed by atoms with Gasteiger partial charge < -0.3 is 10.6 Å². The molecular weight excluding hydrogens is 219 g/mol. The highest BCUT2D eigenvalue weighted by Crippen LogP contribution is 2.18. The van der Waals surface area contributed by atoms with E-state index >= 15 is 0 Å². The molecule has 2 nitrogen and oxygen atoms in total. The fraction of sp³-hybridized carbons (Fsp3) is 1.00. The second-order valence-corrected chi connectivity index (χ2v) is 3.97. The third-order valence-electron chi connectivity index (χ3n) is 3.20. The van der Waals surface area contributed by atoms with Gasteiger partial charge in [0.15, 0.2) is 0 Å². The molecule has 0 bridgehead atoms. The summed E-state index contributed by atoms with van der Waals surface area (Å²) in [5, 5.41) is 0. The van der Waals surface area contributed by atoms with E-state index in [0.717, 1.165) is 18.5 Å². The molecule has 4 heteroatoms. The minimum Gasteiger partial charge on any atom is -0.330 e. The Morgan fingerprint density at radius 1 is 1.29 bits per heavy atom. The minimum absolute atomic E-state index is 0. The maximum absolute atomic E-state index is 5.64. The van der Waals surface area contributed by atoms with E-state index in [2.05, 4.69) is 18.7 Å². The van der Waals surface area contributed by atoms with Crippen LogP contribution in [0.15, 0.2) is 0 Å². The first-order chi connectivity index (χ1) is 5.77. The Hall–Kier alpha value is 0.500. The average molecular weight is 243 g/mol. The third kappa shape index (κ3) is 4.83. The van der Waals surface area contributed by atoms with E-state index in [1.54, 1.807) is 0 Å². The Morgan fingerprint density at radius 2 is 1.79 bits per heavy atom. The number of hydrogen-bond donors (Lipinski definition) is 1. The molecule has 0 aromatic heterocycles. The van der Waals surface area contributed by atoms with Gasteiger partial charge >= 0.3 is 0 Å². The van der Waals surface area contributed by atoms with Crippen LogP contribution in [0.2, 0.25) is 0 Å². The summed E-state index contributed by atoms with van der Waals surface area (Å²) in [5.74, 6) is 0.797. The van der Waals surface area contributed by atoms with E-state index < -0.39 is 0 Å². The van der Waals surface area contributed by atoms with Gasteiger partial charge in [-0.2, -0.15) is 0 Å². The number of piperidine rings is 1. The van der Waals surface area contributed by atoms with Gasteiger partial charge in [0.25, 0.3) is 0 Å². The van der Waals surface area contributed by atoms with Crippen LogP contribution in [0.4, 0.5) is 0 Å². The number of hydrogen-bond acceptors (Lipinski definition) is 2. The van der Waals surface area contributed by atoms with Gasteiger partial charge in [-0.1, -0.05) is 6.92 Å². The van der Waals surface area contributed by atoms with Crippen molar-refractivity contribution in [3.8, 4) is 0 Å². The molecule has 14 heavy (non-hydrogen) atoms. The molecule has 0 amide bonds. The van der Waals surface area contributed by atoms with Crippen molar-refractivity contribution in [1.29, 1.82) is 0 Å². The number of likely N-dealkylation sites (tertiary alicyclic amines) is 1. The highest BCUT2D eigenvalue weighted by molar-refractivity contribution is 5.85. The normalized spacial score (nSPS) is 20.8. The van der Waals surface area contributed by atoms with Crippen LogP contribution in [-0.4, -0.2) is 30.6 Å². The lowest BCUT2D eigenvalue weighted by Gasteiger charge is -2.35. The predicted molar refractivity (Wildman–Crippen MR) is 67.6 cm³/mol. The lowest BCUT2D eigenvalue weighted by molar-refractivity contribution is 0.140. The Bertz CT molecular complexity index is 125. The van der Waals surface area contributed by atoms with Gasteiger partial charge in [-0.25, -0.2) is 0 Å². The summed E-state index contributed by atoms with van der Waals surface area (Å²) in [6, 6.07) is 0.767. The Morgan fingerprint density at radius 3 is 2.14 bits per heavy atom. The second-order valence-electron chi connectivity index (χ2n) is 3.97. The lowest BCUT2D eigenvalue weighted by Crippen LogP contribution is -2.41. The topological polar surface area (TPSA) is 29.3 Å². The molecule has 0 saturated carbocycles. The molecule has 1 rings (SSSR count). The quantitative estimate of drug-likeness (QED) is 0.824. The van der Waals surface area contributed by atoms with Gasteiger partial charge in [-0.3, -0.25) is 0 Å². The molecule has 0 aromatic carbocycles. The van der Waals surface area contributed by atoms with Crippen molar-refractivity contribution in [3.05, 3.63) is 0 Å². The van der Waals surface area contributed by atoms with Gasteiger partial charge in [-0.15, -0.1) is 24.8 Å². The van der Waals surface area contributed by atoms with Crippen molar-refractivity contribution in [2.75, 3.05) is 19.6 Å². The molecule has 1 heterocycles. The zero-order chi connectivity index (χ0) is 8.97. The zero-order valence-electron chi connectivity index (χ0n) is 9.24. The summed E-state index contributed by atoms with van der Waals surface area (Å²) >= 11 is 0. The molecule has 0 aromatic rings. The highest BCUT2D eigenvalue weighted by Gasteiger charge is 2.20. The Kier molecular flexibility index (Phi) is 10.6. The van der Waals surface area contributed by atoms with Gasteiger partial charge in [0.2, 0.25) is 0 Å². The van der Waals surface area contributed by atoms with Crippen molar-refractivity contribution in [3.63, 3.8) is 0 Å². The molecule has 1 aliphatic heterocycles. The van der Waals surface area contributed by atoms with Crippen LogP contribution in [0.5, 0.6) is 0 Å². The van der Waals surface area contributed by atoms with Crippen molar-refractivity contribution in [1.82, 2.24) is 4.90 Å². The number of nitrogens with zero attached hydrogens (tertiary/aromatic N) is 1. The third-order valence-corrected chi connectivity index (χ3v) is 3.20. The van der Waals surface area contributed by atoms with Gasteiger partial charge in [0.1, 0.15) is 0 Å². The van der Waals surface area contributed by atoms with Gasteiger partial charge in [0, 0.05) is 6.04 Å². The summed E-state index contributed by atoms with van der Waals surface area (Å²) in [5.41, 5.74) is 5.64. The van der Waals surface area contributed by atoms with Crippen LogP contribution in [0.25, 0.3) is 0 Å². The fourth-order valence-corrected chi connectivity index (χ4v) is 1.89. The maximum atomic E-state index is 5.64. The number of halogens is 2. The number of nitrogens with two attached hydrogens (primary N) is 1. The maximum Gasteiger partial charge on any atom is 0.00643 e. The molecule has 1 unspecified atom stereocenters. The van der Waals surface area contributed by atoms with Gasteiger partial charge in [0.05, 0.1) is 0 Å². The van der Waals surface area contributed by atoms with Gasteiger partial charge in [-0.05, 0) is 51.7 Å². The van der Waals surface area contributed by atoms with Crippen LogP contribution in [-0.2, 0) is 0 Å². The first-order valence-corrected chi connectivity index (χ1v) is 5.22. The Labute approximate surface area is 100 Å². The molecule has 0 spiro atoms. The average Bonchev–Trinajstić information content (AvgIpc) is 2.17. The molecule has 1 fully saturated rings. The molecular formula is C10H24Cl2N2. The first-order valence-electron chi connectivity index (χ1n) is 5.22. The molecule has 1 saturated heterocycles. The molecule has 0 aliphatic carbocycles. The van der Waals surface area contributed by atoms with E-state index in [0.29, 0.717) is 0 Å². The highest BCUT2D eigenvalue weighted by atomic mass is 35.5. The number of rotatable bonds is 3. The van der Waals surface area contributed by atoms with Crippen LogP contribution in [0.3, 0.4) is 0 Å². The summed E-state index contributed by atoms with van der Waals surface area (Å²) < 4.78 is 0. The summed E-state index contributed by atoms with van der Waals surface area (Å²) in [4.78, 5) is 2.59. The van der Waals surface area contributed by atoms with E-state index in [9.17, 15) is 0 Å². The van der Waals surface area contributed by atoms with E-state index in [4.69, 9.17) is 5.73 Å². The second kappa shape index (κ2) is 8.78. The molecule has 0 radical (unpaired) electrons. The van der Waals surface area contributed by atoms with Crippen molar-refractivity contribution in [2.24, 2.45) is 11.7 Å². The largest absolute Gasteiger partial charge is 0.330 e. The minimum atomic E-state index is 0.